The number of carbonyl (C=O) groups excluding carboxylic acids is 2. The lowest BCUT2D eigenvalue weighted by molar-refractivity contribution is -0.145. The second-order valence-corrected chi connectivity index (χ2v) is 10.7. The molecule has 0 radical (unpaired) electrons. The minimum atomic E-state index is -0.832. The van der Waals surface area contributed by atoms with Gasteiger partial charge in [-0.05, 0) is 55.3 Å². The molecule has 0 unspecified atom stereocenters. The summed E-state index contributed by atoms with van der Waals surface area (Å²) >= 11 is 1.21. The number of esters is 2. The maximum atomic E-state index is 14.2. The van der Waals surface area contributed by atoms with Crippen molar-refractivity contribution in [3.05, 3.63) is 115 Å². The van der Waals surface area contributed by atoms with Crippen LogP contribution in [0.4, 0.5) is 0 Å². The van der Waals surface area contributed by atoms with Gasteiger partial charge in [0.2, 0.25) is 0 Å². The summed E-state index contributed by atoms with van der Waals surface area (Å²) in [6, 6.07) is 20.9. The Bertz CT molecular complexity index is 1930. The molecule has 10 nitrogen and oxygen atoms in total. The first-order valence-electron chi connectivity index (χ1n) is 14.3. The molecule has 4 aromatic rings. The molecule has 45 heavy (non-hydrogen) atoms. The number of benzene rings is 3. The van der Waals surface area contributed by atoms with E-state index in [4.69, 9.17) is 28.7 Å². The highest BCUT2D eigenvalue weighted by Crippen LogP contribution is 2.36. The van der Waals surface area contributed by atoms with Crippen molar-refractivity contribution in [3.8, 4) is 17.2 Å². The van der Waals surface area contributed by atoms with Crippen LogP contribution in [-0.2, 0) is 19.1 Å². The van der Waals surface area contributed by atoms with E-state index in [1.807, 2.05) is 42.5 Å². The highest BCUT2D eigenvalue weighted by atomic mass is 32.1. The van der Waals surface area contributed by atoms with Gasteiger partial charge in [0.25, 0.3) is 5.56 Å². The Hall–Kier alpha value is -5.16. The first-order valence-corrected chi connectivity index (χ1v) is 15.1. The topological polar surface area (TPSA) is 115 Å². The largest absolute Gasteiger partial charge is 0.497 e. The minimum absolute atomic E-state index is 0.154. The lowest BCUT2D eigenvalue weighted by Gasteiger charge is -2.26. The molecule has 0 bridgehead atoms. The van der Waals surface area contributed by atoms with Crippen LogP contribution >= 0.6 is 11.3 Å². The molecule has 0 amide bonds. The van der Waals surface area contributed by atoms with Crippen molar-refractivity contribution in [2.45, 2.75) is 19.9 Å². The first kappa shape index (κ1) is 31.3. The van der Waals surface area contributed by atoms with E-state index >= 15 is 0 Å². The third kappa shape index (κ3) is 6.68. The van der Waals surface area contributed by atoms with Gasteiger partial charge in [0, 0.05) is 5.56 Å². The van der Waals surface area contributed by atoms with Crippen LogP contribution < -0.4 is 29.1 Å². The van der Waals surface area contributed by atoms with Crippen LogP contribution in [0.3, 0.4) is 0 Å². The Morgan fingerprint density at radius 3 is 2.40 bits per heavy atom. The lowest BCUT2D eigenvalue weighted by atomic mass is 9.93. The molecule has 0 saturated heterocycles. The average Bonchev–Trinajstić information content (AvgIpc) is 3.37. The summed E-state index contributed by atoms with van der Waals surface area (Å²) in [6.07, 6.45) is 1.72. The normalized spacial score (nSPS) is 14.3. The molecular formula is C34H32N2O8S. The van der Waals surface area contributed by atoms with Crippen molar-refractivity contribution in [3.63, 3.8) is 0 Å². The van der Waals surface area contributed by atoms with Gasteiger partial charge >= 0.3 is 11.9 Å². The number of hydrogen-bond donors (Lipinski definition) is 0. The number of hydrogen-bond acceptors (Lipinski definition) is 10. The third-order valence-corrected chi connectivity index (χ3v) is 7.90. The molecule has 0 aliphatic carbocycles. The van der Waals surface area contributed by atoms with Crippen LogP contribution in [0, 0.1) is 0 Å². The van der Waals surface area contributed by atoms with Crippen molar-refractivity contribution in [2.24, 2.45) is 4.99 Å². The van der Waals surface area contributed by atoms with Gasteiger partial charge in [-0.25, -0.2) is 14.6 Å². The van der Waals surface area contributed by atoms with E-state index in [1.165, 1.54) is 23.0 Å². The van der Waals surface area contributed by atoms with Gasteiger partial charge in [0.15, 0.2) is 22.9 Å². The fourth-order valence-electron chi connectivity index (χ4n) is 4.95. The van der Waals surface area contributed by atoms with E-state index in [0.717, 1.165) is 0 Å². The predicted octanol–water partition coefficient (Wildman–Crippen LogP) is 3.89. The van der Waals surface area contributed by atoms with Crippen molar-refractivity contribution >= 4 is 35.0 Å². The van der Waals surface area contributed by atoms with Gasteiger partial charge in [-0.1, -0.05) is 59.9 Å². The van der Waals surface area contributed by atoms with Gasteiger partial charge in [0.05, 0.1) is 49.3 Å². The van der Waals surface area contributed by atoms with Gasteiger partial charge < -0.3 is 23.7 Å². The van der Waals surface area contributed by atoms with Crippen LogP contribution in [0.25, 0.3) is 11.8 Å². The lowest BCUT2D eigenvalue weighted by Crippen LogP contribution is -2.40. The van der Waals surface area contributed by atoms with Gasteiger partial charge in [-0.3, -0.25) is 9.36 Å². The minimum Gasteiger partial charge on any atom is -0.497 e. The number of carbonyl (C=O) groups is 2. The van der Waals surface area contributed by atoms with E-state index in [-0.39, 0.29) is 31.0 Å². The molecule has 1 aliphatic rings. The molecule has 1 aliphatic heterocycles. The number of methoxy groups -OCH3 is 2. The smallest absolute Gasteiger partial charge is 0.344 e. The van der Waals surface area contributed by atoms with Crippen molar-refractivity contribution in [1.29, 1.82) is 0 Å². The van der Waals surface area contributed by atoms with Crippen molar-refractivity contribution in [1.82, 2.24) is 4.57 Å². The number of ether oxygens (including phenoxy) is 5. The maximum Gasteiger partial charge on any atom is 0.344 e. The summed E-state index contributed by atoms with van der Waals surface area (Å²) < 4.78 is 28.9. The molecule has 11 heteroatoms. The zero-order chi connectivity index (χ0) is 31.9. The monoisotopic (exact) mass is 628 g/mol. The summed E-state index contributed by atoms with van der Waals surface area (Å²) in [5.41, 5.74) is 2.39. The van der Waals surface area contributed by atoms with Crippen LogP contribution in [0.15, 0.2) is 88.2 Å². The Balaban J connectivity index is 1.68. The molecule has 2 heterocycles. The van der Waals surface area contributed by atoms with Crippen molar-refractivity contribution < 1.29 is 33.3 Å². The number of fused-ring (bicyclic) bond motifs is 1. The van der Waals surface area contributed by atoms with E-state index in [9.17, 15) is 14.4 Å². The standard InChI is InChI=1S/C34H32N2O8S/c1-5-42-28(37)20-44-25-16-15-21(17-26(25)41-4)18-27-32(38)36-31(23-13-10-14-24(19-23)40-3)29(33(39)43-6-2)30(35-34(36)45-27)22-11-8-7-9-12-22/h7-19,31H,5-6,20H2,1-4H3/t31-/m0/s1. The molecule has 3 aromatic carbocycles. The molecule has 232 valence electrons. The molecule has 0 saturated carbocycles. The fraction of sp³-hybridized carbons (Fsp3) is 0.235. The van der Waals surface area contributed by atoms with E-state index < -0.39 is 18.0 Å². The summed E-state index contributed by atoms with van der Waals surface area (Å²) in [5, 5.41) is 0. The molecule has 5 rings (SSSR count). The maximum absolute atomic E-state index is 14.2. The molecule has 0 fully saturated rings. The van der Waals surface area contributed by atoms with Crippen LogP contribution in [0.1, 0.15) is 36.6 Å². The summed E-state index contributed by atoms with van der Waals surface area (Å²) in [6.45, 7) is 3.59. The van der Waals surface area contributed by atoms with Gasteiger partial charge in [-0.15, -0.1) is 0 Å². The molecule has 0 spiro atoms. The van der Waals surface area contributed by atoms with Crippen LogP contribution in [0.5, 0.6) is 17.2 Å². The average molecular weight is 629 g/mol. The summed E-state index contributed by atoms with van der Waals surface area (Å²) in [7, 11) is 3.05. The predicted molar refractivity (Wildman–Crippen MR) is 169 cm³/mol. The Morgan fingerprint density at radius 2 is 1.69 bits per heavy atom. The quantitative estimate of drug-likeness (QED) is 0.230. The summed E-state index contributed by atoms with van der Waals surface area (Å²) in [5.74, 6) is 0.256. The first-order chi connectivity index (χ1) is 21.9. The van der Waals surface area contributed by atoms with Crippen LogP contribution in [0.2, 0.25) is 0 Å². The van der Waals surface area contributed by atoms with Crippen molar-refractivity contribution in [2.75, 3.05) is 34.0 Å². The summed E-state index contributed by atoms with van der Waals surface area (Å²) in [4.78, 5) is 44.8. The van der Waals surface area contributed by atoms with E-state index in [2.05, 4.69) is 0 Å². The Labute approximate surface area is 263 Å². The Morgan fingerprint density at radius 1 is 0.911 bits per heavy atom. The van der Waals surface area contributed by atoms with E-state index in [0.29, 0.717) is 49.0 Å². The highest BCUT2D eigenvalue weighted by Gasteiger charge is 2.35. The second-order valence-electron chi connectivity index (χ2n) is 9.71. The number of aromatic nitrogens is 1. The number of thiazole rings is 1. The zero-order valence-electron chi connectivity index (χ0n) is 25.3. The second kappa shape index (κ2) is 14.1. The molecule has 1 atom stereocenters. The fourth-order valence-corrected chi connectivity index (χ4v) is 5.95. The van der Waals surface area contributed by atoms with Crippen LogP contribution in [-0.4, -0.2) is 50.5 Å². The molecule has 0 N–H and O–H groups in total. The number of nitrogens with zero attached hydrogens (tertiary/aromatic N) is 2. The third-order valence-electron chi connectivity index (χ3n) is 6.92. The van der Waals surface area contributed by atoms with E-state index in [1.54, 1.807) is 57.4 Å². The van der Waals surface area contributed by atoms with Gasteiger partial charge in [0.1, 0.15) is 5.75 Å². The highest BCUT2D eigenvalue weighted by molar-refractivity contribution is 7.07. The SMILES string of the molecule is CCOC(=O)COc1ccc(C=c2sc3n(c2=O)[C@@H](c2cccc(OC)c2)C(C(=O)OCC)=C(c2ccccc2)N=3)cc1OC. The number of rotatable bonds is 11. The molecule has 1 aromatic heterocycles. The molecular weight excluding hydrogens is 596 g/mol. The van der Waals surface area contributed by atoms with Gasteiger partial charge in [-0.2, -0.15) is 0 Å². The Kier molecular flexibility index (Phi) is 9.79. The zero-order valence-corrected chi connectivity index (χ0v) is 26.1.